The molecule has 0 N–H and O–H groups in total. The molecule has 0 fully saturated rings. The van der Waals surface area contributed by atoms with Crippen LogP contribution in [0.2, 0.25) is 0 Å². The Balaban J connectivity index is 1.60. The van der Waals surface area contributed by atoms with Gasteiger partial charge in [-0.2, -0.15) is 0 Å². The predicted molar refractivity (Wildman–Crippen MR) is 208 cm³/mol. The normalized spacial score (nSPS) is 11.7. The molecule has 0 bridgehead atoms. The van der Waals surface area contributed by atoms with Crippen LogP contribution in [0.4, 0.5) is 0 Å². The number of fused-ring (bicyclic) bond motifs is 1. The van der Waals surface area contributed by atoms with Gasteiger partial charge in [-0.15, -0.1) is 0 Å². The summed E-state index contributed by atoms with van der Waals surface area (Å²) in [5.74, 6) is 0.299. The molecule has 0 saturated carbocycles. The maximum Gasteiger partial charge on any atom is 0.0345 e. The largest absolute Gasteiger partial charge is 0.0574 e. The summed E-state index contributed by atoms with van der Waals surface area (Å²) >= 11 is 0. The quantitative estimate of drug-likeness (QED) is 0.161. The smallest absolute Gasteiger partial charge is 0.0345 e. The van der Waals surface area contributed by atoms with Crippen LogP contribution in [0.15, 0.2) is 84.9 Å². The zero-order valence-electron chi connectivity index (χ0n) is 31.2. The summed E-state index contributed by atoms with van der Waals surface area (Å²) in [6.45, 7) is 27.0. The Kier molecular flexibility index (Phi) is 8.99. The topological polar surface area (TPSA) is 0 Å². The lowest BCUT2D eigenvalue weighted by molar-refractivity contribution is 0.937. The minimum absolute atomic E-state index is 0.149. The van der Waals surface area contributed by atoms with Crippen molar-refractivity contribution in [3.63, 3.8) is 0 Å². The molecule has 6 rings (SSSR count). The van der Waals surface area contributed by atoms with E-state index in [2.05, 4.69) is 168 Å². The fourth-order valence-corrected chi connectivity index (χ4v) is 7.87. The SMILES string of the molecule is Cc1cc(C)c(C(c2ccc3ccc(C(c4cc(C)c(C)cc4C)c4cc(C)c(C)cc4C)cc3c2)c2cc(C)c(C)cc2C)cc1C. The van der Waals surface area contributed by atoms with Crippen molar-refractivity contribution in [3.05, 3.63) is 185 Å². The molecule has 0 nitrogen and oxygen atoms in total. The van der Waals surface area contributed by atoms with E-state index >= 15 is 0 Å². The van der Waals surface area contributed by atoms with Crippen LogP contribution >= 0.6 is 0 Å². The molecule has 6 aromatic rings. The van der Waals surface area contributed by atoms with Gasteiger partial charge in [-0.25, -0.2) is 0 Å². The van der Waals surface area contributed by atoms with Gasteiger partial charge in [-0.05, 0) is 194 Å². The molecule has 0 aliphatic rings. The highest BCUT2D eigenvalue weighted by atomic mass is 14.3. The number of rotatable bonds is 6. The lowest BCUT2D eigenvalue weighted by Gasteiger charge is -2.26. The van der Waals surface area contributed by atoms with Crippen LogP contribution in [0, 0.1) is 83.1 Å². The maximum atomic E-state index is 2.48. The number of hydrogen-bond acceptors (Lipinski definition) is 0. The van der Waals surface area contributed by atoms with Gasteiger partial charge in [0.15, 0.2) is 0 Å². The third kappa shape index (κ3) is 6.14. The predicted octanol–water partition coefficient (Wildman–Crippen LogP) is 12.9. The van der Waals surface area contributed by atoms with Gasteiger partial charge in [0.1, 0.15) is 0 Å². The van der Waals surface area contributed by atoms with Crippen LogP contribution in [0.1, 0.15) is 112 Å². The summed E-state index contributed by atoms with van der Waals surface area (Å²) in [7, 11) is 0. The Morgan fingerprint density at radius 2 is 0.500 bits per heavy atom. The standard InChI is InChI=1S/C48H52/c1-27-17-35(9)43(21-31(27)5)47(44-22-32(6)28(2)18-36(44)10)40-15-13-39-14-16-41(26-42(39)25-40)48(45-23-33(7)29(3)19-37(45)11)46-24-34(8)30(4)20-38(46)12/h13-26,47-48H,1-12H3. The Morgan fingerprint density at radius 3 is 0.771 bits per heavy atom. The lowest BCUT2D eigenvalue weighted by atomic mass is 9.77. The van der Waals surface area contributed by atoms with Crippen molar-refractivity contribution in [1.29, 1.82) is 0 Å². The second kappa shape index (κ2) is 12.9. The Morgan fingerprint density at radius 1 is 0.250 bits per heavy atom. The average molecular weight is 629 g/mol. The summed E-state index contributed by atoms with van der Waals surface area (Å²) in [6.07, 6.45) is 0. The fourth-order valence-electron chi connectivity index (χ4n) is 7.87. The van der Waals surface area contributed by atoms with E-state index in [-0.39, 0.29) is 11.8 Å². The maximum absolute atomic E-state index is 2.48. The van der Waals surface area contributed by atoms with E-state index in [1.54, 1.807) is 0 Å². The minimum Gasteiger partial charge on any atom is -0.0574 e. The third-order valence-corrected chi connectivity index (χ3v) is 11.3. The highest BCUT2D eigenvalue weighted by molar-refractivity contribution is 5.85. The summed E-state index contributed by atoms with van der Waals surface area (Å²) in [5, 5.41) is 2.58. The monoisotopic (exact) mass is 628 g/mol. The molecular formula is C48H52. The van der Waals surface area contributed by atoms with Crippen LogP contribution in [-0.2, 0) is 0 Å². The number of hydrogen-bond donors (Lipinski definition) is 0. The fraction of sp³-hybridized carbons (Fsp3) is 0.292. The van der Waals surface area contributed by atoms with E-state index in [0.29, 0.717) is 0 Å². The molecule has 0 heterocycles. The highest BCUT2D eigenvalue weighted by Crippen LogP contribution is 2.41. The van der Waals surface area contributed by atoms with Crippen molar-refractivity contribution in [2.24, 2.45) is 0 Å². The highest BCUT2D eigenvalue weighted by Gasteiger charge is 2.25. The van der Waals surface area contributed by atoms with E-state index in [1.165, 1.54) is 111 Å². The zero-order chi connectivity index (χ0) is 34.6. The molecule has 0 saturated heterocycles. The molecule has 0 aliphatic heterocycles. The van der Waals surface area contributed by atoms with Gasteiger partial charge in [0, 0.05) is 11.8 Å². The molecule has 0 unspecified atom stereocenters. The van der Waals surface area contributed by atoms with Gasteiger partial charge in [0.05, 0.1) is 0 Å². The van der Waals surface area contributed by atoms with Crippen molar-refractivity contribution in [2.75, 3.05) is 0 Å². The molecule has 244 valence electrons. The van der Waals surface area contributed by atoms with Crippen LogP contribution in [0.5, 0.6) is 0 Å². The zero-order valence-corrected chi connectivity index (χ0v) is 31.2. The number of aryl methyl sites for hydroxylation is 12. The second-order valence-electron chi connectivity index (χ2n) is 14.9. The third-order valence-electron chi connectivity index (χ3n) is 11.3. The van der Waals surface area contributed by atoms with Crippen LogP contribution in [0.25, 0.3) is 10.8 Å². The van der Waals surface area contributed by atoms with Gasteiger partial charge in [0.2, 0.25) is 0 Å². The lowest BCUT2D eigenvalue weighted by Crippen LogP contribution is -2.10. The summed E-state index contributed by atoms with van der Waals surface area (Å²) in [6, 6.07) is 33.6. The van der Waals surface area contributed by atoms with E-state index in [0.717, 1.165) is 0 Å². The molecule has 48 heavy (non-hydrogen) atoms. The molecule has 0 aromatic heterocycles. The van der Waals surface area contributed by atoms with Crippen molar-refractivity contribution >= 4 is 10.8 Å². The Labute approximate surface area is 289 Å². The van der Waals surface area contributed by atoms with E-state index in [4.69, 9.17) is 0 Å². The molecule has 0 atom stereocenters. The molecule has 0 radical (unpaired) electrons. The van der Waals surface area contributed by atoms with Crippen molar-refractivity contribution < 1.29 is 0 Å². The van der Waals surface area contributed by atoms with Crippen LogP contribution in [-0.4, -0.2) is 0 Å². The van der Waals surface area contributed by atoms with E-state index in [9.17, 15) is 0 Å². The Hall–Kier alpha value is -4.42. The molecule has 6 aromatic carbocycles. The molecule has 0 amide bonds. The minimum atomic E-state index is 0.149. The van der Waals surface area contributed by atoms with E-state index in [1.807, 2.05) is 0 Å². The Bertz CT molecular complexity index is 1940. The first-order chi connectivity index (χ1) is 22.7. The first kappa shape index (κ1) is 33.5. The van der Waals surface area contributed by atoms with Crippen LogP contribution in [0.3, 0.4) is 0 Å². The summed E-state index contributed by atoms with van der Waals surface area (Å²) in [5.41, 5.74) is 24.5. The van der Waals surface area contributed by atoms with E-state index < -0.39 is 0 Å². The number of benzene rings is 6. The molecule has 0 spiro atoms. The van der Waals surface area contributed by atoms with Gasteiger partial charge in [-0.3, -0.25) is 0 Å². The van der Waals surface area contributed by atoms with Gasteiger partial charge in [0.25, 0.3) is 0 Å². The molecule has 0 aliphatic carbocycles. The first-order valence-corrected chi connectivity index (χ1v) is 17.6. The molecular weight excluding hydrogens is 577 g/mol. The summed E-state index contributed by atoms with van der Waals surface area (Å²) < 4.78 is 0. The average Bonchev–Trinajstić information content (AvgIpc) is 3.03. The first-order valence-electron chi connectivity index (χ1n) is 17.6. The van der Waals surface area contributed by atoms with Crippen molar-refractivity contribution in [1.82, 2.24) is 0 Å². The summed E-state index contributed by atoms with van der Waals surface area (Å²) in [4.78, 5) is 0. The second-order valence-corrected chi connectivity index (χ2v) is 14.9. The van der Waals surface area contributed by atoms with Gasteiger partial charge >= 0.3 is 0 Å². The molecule has 0 heteroatoms. The van der Waals surface area contributed by atoms with Crippen molar-refractivity contribution in [3.8, 4) is 0 Å². The van der Waals surface area contributed by atoms with Crippen molar-refractivity contribution in [2.45, 2.75) is 94.9 Å². The van der Waals surface area contributed by atoms with Gasteiger partial charge < -0.3 is 0 Å². The van der Waals surface area contributed by atoms with Crippen LogP contribution < -0.4 is 0 Å². The van der Waals surface area contributed by atoms with Gasteiger partial charge in [-0.1, -0.05) is 84.9 Å².